The Balaban J connectivity index is 0.00000156. The lowest BCUT2D eigenvalue weighted by atomic mass is 10.0. The fraction of sp³-hybridized carbons (Fsp3) is 0.375. The quantitative estimate of drug-likeness (QED) is 0.608. The number of nitro groups is 1. The lowest BCUT2D eigenvalue weighted by Gasteiger charge is -2.34. The van der Waals surface area contributed by atoms with Crippen LogP contribution in [0.1, 0.15) is 16.5 Å². The van der Waals surface area contributed by atoms with E-state index in [0.717, 1.165) is 31.7 Å². The number of piperazine rings is 1. The monoisotopic (exact) mass is 405 g/mol. The Bertz CT molecular complexity index is 679. The van der Waals surface area contributed by atoms with Gasteiger partial charge in [0.2, 0.25) is 0 Å². The number of nitro benzene ring substituents is 1. The van der Waals surface area contributed by atoms with E-state index in [0.29, 0.717) is 5.75 Å². The van der Waals surface area contributed by atoms with Crippen LogP contribution in [-0.4, -0.2) is 43.1 Å². The molecule has 1 saturated heterocycles. The molecule has 25 heavy (non-hydrogen) atoms. The van der Waals surface area contributed by atoms with Crippen molar-refractivity contribution < 1.29 is 9.66 Å². The van der Waals surface area contributed by atoms with E-state index in [9.17, 15) is 10.1 Å². The number of thiophene rings is 1. The minimum atomic E-state index is -0.383. The van der Waals surface area contributed by atoms with Crippen LogP contribution in [0.2, 0.25) is 0 Å². The molecule has 0 saturated carbocycles. The van der Waals surface area contributed by atoms with Crippen molar-refractivity contribution in [3.05, 3.63) is 56.3 Å². The van der Waals surface area contributed by atoms with Crippen LogP contribution >= 0.6 is 36.2 Å². The van der Waals surface area contributed by atoms with E-state index < -0.39 is 0 Å². The van der Waals surface area contributed by atoms with Gasteiger partial charge in [-0.3, -0.25) is 15.0 Å². The van der Waals surface area contributed by atoms with Crippen molar-refractivity contribution in [2.75, 3.05) is 33.3 Å². The fourth-order valence-corrected chi connectivity index (χ4v) is 3.85. The first kappa shape index (κ1) is 21.7. The van der Waals surface area contributed by atoms with Crippen LogP contribution in [0.5, 0.6) is 5.75 Å². The Kier molecular flexibility index (Phi) is 8.61. The maximum absolute atomic E-state index is 11.3. The molecule has 6 nitrogen and oxygen atoms in total. The summed E-state index contributed by atoms with van der Waals surface area (Å²) < 4.78 is 5.11. The predicted molar refractivity (Wildman–Crippen MR) is 105 cm³/mol. The molecular weight excluding hydrogens is 385 g/mol. The fourth-order valence-electron chi connectivity index (χ4n) is 2.96. The number of methoxy groups -OCH3 is 1. The molecule has 1 atom stereocenters. The molecule has 0 unspecified atom stereocenters. The van der Waals surface area contributed by atoms with Crippen LogP contribution in [0.4, 0.5) is 5.69 Å². The van der Waals surface area contributed by atoms with Crippen LogP contribution in [0, 0.1) is 10.1 Å². The van der Waals surface area contributed by atoms with Gasteiger partial charge in [-0.1, -0.05) is 12.1 Å². The summed E-state index contributed by atoms with van der Waals surface area (Å²) in [5, 5.41) is 16.7. The number of benzene rings is 1. The van der Waals surface area contributed by atoms with E-state index in [1.807, 2.05) is 17.5 Å². The summed E-state index contributed by atoms with van der Waals surface area (Å²) >= 11 is 1.68. The first-order valence-corrected chi connectivity index (χ1v) is 8.39. The summed E-state index contributed by atoms with van der Waals surface area (Å²) in [4.78, 5) is 14.5. The molecule has 138 valence electrons. The highest BCUT2D eigenvalue weighted by atomic mass is 35.5. The van der Waals surface area contributed by atoms with Gasteiger partial charge in [-0.25, -0.2) is 0 Å². The highest BCUT2D eigenvalue weighted by molar-refractivity contribution is 7.10. The highest BCUT2D eigenvalue weighted by Crippen LogP contribution is 2.36. The Labute approximate surface area is 163 Å². The van der Waals surface area contributed by atoms with Gasteiger partial charge in [-0.15, -0.1) is 36.2 Å². The third kappa shape index (κ3) is 4.83. The van der Waals surface area contributed by atoms with Crippen molar-refractivity contribution in [2.45, 2.75) is 6.04 Å². The number of rotatable bonds is 5. The summed E-state index contributed by atoms with van der Waals surface area (Å²) in [5.41, 5.74) is 0.948. The number of nitrogens with one attached hydrogen (secondary N) is 1. The van der Waals surface area contributed by atoms with E-state index in [1.54, 1.807) is 23.5 Å². The molecule has 1 aromatic carbocycles. The van der Waals surface area contributed by atoms with Gasteiger partial charge in [0.1, 0.15) is 0 Å². The molecule has 3 rings (SSSR count). The molecule has 2 heterocycles. The van der Waals surface area contributed by atoms with Crippen molar-refractivity contribution in [1.82, 2.24) is 10.2 Å². The summed E-state index contributed by atoms with van der Waals surface area (Å²) in [7, 11) is 1.45. The van der Waals surface area contributed by atoms with Gasteiger partial charge in [0.15, 0.2) is 5.75 Å². The number of ether oxygens (including phenoxy) is 1. The van der Waals surface area contributed by atoms with Gasteiger partial charge in [-0.2, -0.15) is 0 Å². The minimum Gasteiger partial charge on any atom is -0.490 e. The third-order valence-corrected chi connectivity index (χ3v) is 4.97. The van der Waals surface area contributed by atoms with Crippen LogP contribution in [0.3, 0.4) is 0 Å². The minimum absolute atomic E-state index is 0. The molecule has 1 aliphatic rings. The third-order valence-electron chi connectivity index (χ3n) is 4.04. The summed E-state index contributed by atoms with van der Waals surface area (Å²) in [6.45, 7) is 3.70. The average Bonchev–Trinajstić information content (AvgIpc) is 3.10. The molecule has 0 spiro atoms. The standard InChI is InChI=1S/C16H19N3O3S.2ClH/c1-22-14-5-4-12(11-13(14)19(20)21)16(15-3-2-10-23-15)18-8-6-17-7-9-18;;/h2-5,10-11,16-17H,6-9H2,1H3;2*1H/t16-;;/m0../s1. The molecule has 2 aromatic rings. The molecule has 1 N–H and O–H groups in total. The van der Waals surface area contributed by atoms with Gasteiger partial charge in [-0.05, 0) is 23.1 Å². The van der Waals surface area contributed by atoms with E-state index in [2.05, 4.69) is 16.3 Å². The zero-order valence-electron chi connectivity index (χ0n) is 13.7. The second-order valence-electron chi connectivity index (χ2n) is 5.39. The van der Waals surface area contributed by atoms with Crippen molar-refractivity contribution in [2.24, 2.45) is 0 Å². The molecule has 0 amide bonds. The predicted octanol–water partition coefficient (Wildman–Crippen LogP) is 3.50. The number of halogens is 2. The summed E-state index contributed by atoms with van der Waals surface area (Å²) in [5.74, 6) is 0.295. The first-order chi connectivity index (χ1) is 11.2. The molecule has 9 heteroatoms. The molecule has 0 bridgehead atoms. The highest BCUT2D eigenvalue weighted by Gasteiger charge is 2.27. The molecule has 1 aliphatic heterocycles. The molecule has 0 aliphatic carbocycles. The van der Waals surface area contributed by atoms with Crippen LogP contribution in [-0.2, 0) is 0 Å². The Morgan fingerprint density at radius 2 is 2.00 bits per heavy atom. The van der Waals surface area contributed by atoms with Crippen LogP contribution in [0.25, 0.3) is 0 Å². The van der Waals surface area contributed by atoms with E-state index in [-0.39, 0.29) is 41.5 Å². The largest absolute Gasteiger partial charge is 0.490 e. The van der Waals surface area contributed by atoms with Crippen LogP contribution < -0.4 is 10.1 Å². The van der Waals surface area contributed by atoms with Crippen molar-refractivity contribution >= 4 is 41.8 Å². The van der Waals surface area contributed by atoms with Crippen molar-refractivity contribution in [1.29, 1.82) is 0 Å². The molecule has 1 fully saturated rings. The molecule has 0 radical (unpaired) electrons. The average molecular weight is 406 g/mol. The van der Waals surface area contributed by atoms with Crippen molar-refractivity contribution in [3.8, 4) is 5.75 Å². The lowest BCUT2D eigenvalue weighted by molar-refractivity contribution is -0.385. The second-order valence-corrected chi connectivity index (χ2v) is 6.37. The van der Waals surface area contributed by atoms with Gasteiger partial charge in [0, 0.05) is 37.1 Å². The Morgan fingerprint density at radius 1 is 1.28 bits per heavy atom. The smallest absolute Gasteiger partial charge is 0.311 e. The van der Waals surface area contributed by atoms with E-state index in [4.69, 9.17) is 4.74 Å². The second kappa shape index (κ2) is 9.94. The molecular formula is C16H21Cl2N3O3S. The van der Waals surface area contributed by atoms with Crippen LogP contribution in [0.15, 0.2) is 35.7 Å². The van der Waals surface area contributed by atoms with E-state index in [1.165, 1.54) is 12.0 Å². The SMILES string of the molecule is COc1ccc([C@@H](c2cccs2)N2CCNCC2)cc1[N+](=O)[O-].Cl.Cl. The van der Waals surface area contributed by atoms with E-state index >= 15 is 0 Å². The Morgan fingerprint density at radius 3 is 2.56 bits per heavy atom. The zero-order chi connectivity index (χ0) is 16.2. The summed E-state index contributed by atoms with van der Waals surface area (Å²) in [6.07, 6.45) is 0. The van der Waals surface area contributed by atoms with Crippen molar-refractivity contribution in [3.63, 3.8) is 0 Å². The maximum Gasteiger partial charge on any atom is 0.311 e. The normalized spacial score (nSPS) is 15.6. The maximum atomic E-state index is 11.3. The lowest BCUT2D eigenvalue weighted by Crippen LogP contribution is -2.45. The summed E-state index contributed by atoms with van der Waals surface area (Å²) in [6, 6.07) is 9.42. The molecule has 1 aromatic heterocycles. The first-order valence-electron chi connectivity index (χ1n) is 7.51. The topological polar surface area (TPSA) is 67.6 Å². The van der Waals surface area contributed by atoms with Gasteiger partial charge >= 0.3 is 5.69 Å². The van der Waals surface area contributed by atoms with Gasteiger partial charge < -0.3 is 10.1 Å². The Hall–Kier alpha value is -1.38. The van der Waals surface area contributed by atoms with Gasteiger partial charge in [0.25, 0.3) is 0 Å². The van der Waals surface area contributed by atoms with Gasteiger partial charge in [0.05, 0.1) is 18.1 Å². The number of hydrogen-bond donors (Lipinski definition) is 1. The number of nitrogens with zero attached hydrogens (tertiary/aromatic N) is 2. The number of hydrogen-bond acceptors (Lipinski definition) is 6. The zero-order valence-corrected chi connectivity index (χ0v) is 16.2.